The van der Waals surface area contributed by atoms with Gasteiger partial charge in [0.2, 0.25) is 0 Å². The second-order valence-corrected chi connectivity index (χ2v) is 4.86. The standard InChI is InChI=1S/C12H12Cl2O2/c1-12(2)11(14)10(13)8-5-4-7(15-3)6-9(8)16-12/h4-6H,1-3H3. The van der Waals surface area contributed by atoms with Crippen LogP contribution in [0.5, 0.6) is 11.5 Å². The van der Waals surface area contributed by atoms with Crippen molar-refractivity contribution in [2.75, 3.05) is 7.11 Å². The van der Waals surface area contributed by atoms with Gasteiger partial charge in [-0.2, -0.15) is 0 Å². The lowest BCUT2D eigenvalue weighted by Crippen LogP contribution is -2.31. The van der Waals surface area contributed by atoms with Gasteiger partial charge in [0, 0.05) is 11.6 Å². The Labute approximate surface area is 105 Å². The molecule has 0 amide bonds. The van der Waals surface area contributed by atoms with Crippen LogP contribution in [-0.4, -0.2) is 12.7 Å². The summed E-state index contributed by atoms with van der Waals surface area (Å²) in [7, 11) is 1.61. The molecule has 0 atom stereocenters. The first-order valence-corrected chi connectivity index (χ1v) is 5.64. The van der Waals surface area contributed by atoms with Gasteiger partial charge in [-0.25, -0.2) is 0 Å². The van der Waals surface area contributed by atoms with Gasteiger partial charge in [-0.05, 0) is 26.0 Å². The van der Waals surface area contributed by atoms with Gasteiger partial charge in [-0.3, -0.25) is 0 Å². The number of halogens is 2. The van der Waals surface area contributed by atoms with Crippen LogP contribution in [0.2, 0.25) is 0 Å². The highest BCUT2D eigenvalue weighted by Crippen LogP contribution is 2.45. The molecule has 4 heteroatoms. The fourth-order valence-corrected chi connectivity index (χ4v) is 2.12. The van der Waals surface area contributed by atoms with Crippen molar-refractivity contribution < 1.29 is 9.47 Å². The molecule has 0 saturated heterocycles. The molecule has 1 aromatic carbocycles. The van der Waals surface area contributed by atoms with E-state index in [1.54, 1.807) is 7.11 Å². The summed E-state index contributed by atoms with van der Waals surface area (Å²) in [6.45, 7) is 3.75. The predicted molar refractivity (Wildman–Crippen MR) is 66.3 cm³/mol. The van der Waals surface area contributed by atoms with Crippen LogP contribution in [0.15, 0.2) is 23.2 Å². The highest BCUT2D eigenvalue weighted by atomic mass is 35.5. The van der Waals surface area contributed by atoms with Crippen molar-refractivity contribution >= 4 is 28.2 Å². The third-order valence-corrected chi connectivity index (χ3v) is 3.65. The summed E-state index contributed by atoms with van der Waals surface area (Å²) >= 11 is 12.4. The predicted octanol–water partition coefficient (Wildman–Crippen LogP) is 4.01. The van der Waals surface area contributed by atoms with E-state index >= 15 is 0 Å². The Morgan fingerprint density at radius 2 is 1.94 bits per heavy atom. The van der Waals surface area contributed by atoms with Gasteiger partial charge in [0.05, 0.1) is 17.2 Å². The molecule has 1 aliphatic heterocycles. The Balaban J connectivity index is 2.58. The molecule has 0 fully saturated rings. The van der Waals surface area contributed by atoms with Crippen molar-refractivity contribution in [1.82, 2.24) is 0 Å². The van der Waals surface area contributed by atoms with E-state index in [0.717, 1.165) is 11.3 Å². The van der Waals surface area contributed by atoms with Gasteiger partial charge in [-0.1, -0.05) is 23.2 Å². The molecule has 0 saturated carbocycles. The largest absolute Gasteiger partial charge is 0.497 e. The van der Waals surface area contributed by atoms with Crippen LogP contribution in [0.25, 0.3) is 5.03 Å². The minimum atomic E-state index is -0.599. The van der Waals surface area contributed by atoms with Gasteiger partial charge in [0.1, 0.15) is 17.1 Å². The second kappa shape index (κ2) is 3.86. The Kier molecular flexibility index (Phi) is 2.81. The lowest BCUT2D eigenvalue weighted by molar-refractivity contribution is 0.153. The minimum Gasteiger partial charge on any atom is -0.497 e. The van der Waals surface area contributed by atoms with E-state index in [1.807, 2.05) is 32.0 Å². The Morgan fingerprint density at radius 3 is 2.56 bits per heavy atom. The average Bonchev–Trinajstić information content (AvgIpc) is 2.25. The zero-order chi connectivity index (χ0) is 11.9. The second-order valence-electron chi connectivity index (χ2n) is 4.10. The monoisotopic (exact) mass is 258 g/mol. The van der Waals surface area contributed by atoms with Crippen LogP contribution in [0.3, 0.4) is 0 Å². The molecule has 1 aromatic rings. The SMILES string of the molecule is COc1ccc2c(c1)OC(C)(C)C(Cl)=C2Cl. The first kappa shape index (κ1) is 11.6. The van der Waals surface area contributed by atoms with Crippen molar-refractivity contribution in [2.45, 2.75) is 19.4 Å². The van der Waals surface area contributed by atoms with Crippen molar-refractivity contribution in [3.05, 3.63) is 28.8 Å². The molecule has 2 nitrogen and oxygen atoms in total. The van der Waals surface area contributed by atoms with E-state index in [1.165, 1.54) is 0 Å². The minimum absolute atomic E-state index is 0.520. The van der Waals surface area contributed by atoms with E-state index < -0.39 is 5.60 Å². The fraction of sp³-hybridized carbons (Fsp3) is 0.333. The smallest absolute Gasteiger partial charge is 0.140 e. The van der Waals surface area contributed by atoms with Gasteiger partial charge in [0.25, 0.3) is 0 Å². The zero-order valence-electron chi connectivity index (χ0n) is 9.30. The molecule has 16 heavy (non-hydrogen) atoms. The van der Waals surface area contributed by atoms with E-state index in [9.17, 15) is 0 Å². The summed E-state index contributed by atoms with van der Waals surface area (Å²) in [5.74, 6) is 1.43. The third-order valence-electron chi connectivity index (χ3n) is 2.51. The molecule has 2 rings (SSSR count). The quantitative estimate of drug-likeness (QED) is 0.758. The number of hydrogen-bond donors (Lipinski definition) is 0. The molecule has 0 aromatic heterocycles. The van der Waals surface area contributed by atoms with Crippen molar-refractivity contribution in [3.8, 4) is 11.5 Å². The van der Waals surface area contributed by atoms with E-state index in [0.29, 0.717) is 15.8 Å². The number of methoxy groups -OCH3 is 1. The topological polar surface area (TPSA) is 18.5 Å². The molecule has 0 aliphatic carbocycles. The number of benzene rings is 1. The molecular weight excluding hydrogens is 247 g/mol. The van der Waals surface area contributed by atoms with E-state index in [4.69, 9.17) is 32.7 Å². The van der Waals surface area contributed by atoms with Crippen molar-refractivity contribution in [1.29, 1.82) is 0 Å². The lowest BCUT2D eigenvalue weighted by Gasteiger charge is -2.32. The Hall–Kier alpha value is -0.860. The van der Waals surface area contributed by atoms with Crippen LogP contribution in [0.4, 0.5) is 0 Å². The maximum absolute atomic E-state index is 6.20. The van der Waals surface area contributed by atoms with E-state index in [-0.39, 0.29) is 0 Å². The lowest BCUT2D eigenvalue weighted by atomic mass is 10.0. The summed E-state index contributed by atoms with van der Waals surface area (Å²) < 4.78 is 10.9. The molecule has 0 bridgehead atoms. The van der Waals surface area contributed by atoms with E-state index in [2.05, 4.69) is 0 Å². The summed E-state index contributed by atoms with van der Waals surface area (Å²) in [6, 6.07) is 5.48. The van der Waals surface area contributed by atoms with Gasteiger partial charge >= 0.3 is 0 Å². The van der Waals surface area contributed by atoms with Crippen LogP contribution >= 0.6 is 23.2 Å². The molecule has 0 unspecified atom stereocenters. The summed E-state index contributed by atoms with van der Waals surface area (Å²) in [4.78, 5) is 0. The molecule has 1 aliphatic rings. The maximum Gasteiger partial charge on any atom is 0.140 e. The van der Waals surface area contributed by atoms with Gasteiger partial charge in [0.15, 0.2) is 0 Å². The summed E-state index contributed by atoms with van der Waals surface area (Å²) in [5.41, 5.74) is 0.199. The number of ether oxygens (including phenoxy) is 2. The molecule has 0 spiro atoms. The Morgan fingerprint density at radius 1 is 1.25 bits per heavy atom. The first-order valence-electron chi connectivity index (χ1n) is 4.89. The molecular formula is C12H12Cl2O2. The zero-order valence-corrected chi connectivity index (χ0v) is 10.8. The summed E-state index contributed by atoms with van der Waals surface area (Å²) in [6.07, 6.45) is 0. The number of rotatable bonds is 1. The van der Waals surface area contributed by atoms with Crippen LogP contribution < -0.4 is 9.47 Å². The van der Waals surface area contributed by atoms with Gasteiger partial charge in [-0.15, -0.1) is 0 Å². The van der Waals surface area contributed by atoms with Crippen LogP contribution in [-0.2, 0) is 0 Å². The van der Waals surface area contributed by atoms with Crippen LogP contribution in [0, 0.1) is 0 Å². The summed E-state index contributed by atoms with van der Waals surface area (Å²) in [5, 5.41) is 1.06. The molecule has 86 valence electrons. The number of fused-ring (bicyclic) bond motifs is 1. The van der Waals surface area contributed by atoms with Crippen molar-refractivity contribution in [3.63, 3.8) is 0 Å². The highest BCUT2D eigenvalue weighted by Gasteiger charge is 2.33. The maximum atomic E-state index is 6.20. The van der Waals surface area contributed by atoms with Crippen LogP contribution in [0.1, 0.15) is 19.4 Å². The average molecular weight is 259 g/mol. The molecule has 0 N–H and O–H groups in total. The number of hydrogen-bond acceptors (Lipinski definition) is 2. The fourth-order valence-electron chi connectivity index (χ4n) is 1.60. The molecule has 1 heterocycles. The Bertz CT molecular complexity index is 464. The third kappa shape index (κ3) is 1.76. The van der Waals surface area contributed by atoms with Crippen molar-refractivity contribution in [2.24, 2.45) is 0 Å². The van der Waals surface area contributed by atoms with Gasteiger partial charge < -0.3 is 9.47 Å². The molecule has 0 radical (unpaired) electrons. The first-order chi connectivity index (χ1) is 7.45. The normalized spacial score (nSPS) is 17.8. The highest BCUT2D eigenvalue weighted by molar-refractivity contribution is 6.55.